The maximum absolute atomic E-state index is 10.1. The molecule has 4 heteroatoms. The van der Waals surface area contributed by atoms with Gasteiger partial charge in [-0.05, 0) is 32.5 Å². The maximum Gasteiger partial charge on any atom is 0.131 e. The van der Waals surface area contributed by atoms with E-state index in [0.29, 0.717) is 12.3 Å². The predicted molar refractivity (Wildman–Crippen MR) is 67.9 cm³/mol. The molecule has 2 N–H and O–H groups in total. The summed E-state index contributed by atoms with van der Waals surface area (Å²) in [4.78, 5) is 0. The fourth-order valence-corrected chi connectivity index (χ4v) is 2.06. The van der Waals surface area contributed by atoms with E-state index in [1.807, 2.05) is 19.9 Å². The van der Waals surface area contributed by atoms with Crippen LogP contribution in [-0.2, 0) is 0 Å². The van der Waals surface area contributed by atoms with Crippen molar-refractivity contribution in [2.45, 2.75) is 20.0 Å². The summed E-state index contributed by atoms with van der Waals surface area (Å²) in [6.07, 6.45) is -0.584. The number of aliphatic hydroxyl groups is 1. The number of rotatable bonds is 5. The van der Waals surface area contributed by atoms with E-state index in [-0.39, 0.29) is 0 Å². The molecule has 0 saturated carbocycles. The number of methoxy groups -OCH3 is 2. The minimum absolute atomic E-state index is 0.489. The van der Waals surface area contributed by atoms with Gasteiger partial charge in [-0.2, -0.15) is 0 Å². The predicted octanol–water partition coefficient (Wildman–Crippen LogP) is 1.57. The highest BCUT2D eigenvalue weighted by Crippen LogP contribution is 2.37. The number of benzene rings is 1. The van der Waals surface area contributed by atoms with Crippen LogP contribution in [0.2, 0.25) is 0 Å². The summed E-state index contributed by atoms with van der Waals surface area (Å²) in [5.74, 6) is 1.48. The first-order chi connectivity index (χ1) is 8.06. The van der Waals surface area contributed by atoms with Gasteiger partial charge in [0.1, 0.15) is 11.5 Å². The summed E-state index contributed by atoms with van der Waals surface area (Å²) in [5.41, 5.74) is 2.69. The molecule has 0 aliphatic carbocycles. The van der Waals surface area contributed by atoms with Crippen molar-refractivity contribution >= 4 is 0 Å². The Labute approximate surface area is 103 Å². The van der Waals surface area contributed by atoms with E-state index in [1.165, 1.54) is 0 Å². The molecule has 1 atom stereocenters. The molecule has 0 bridgehead atoms. The summed E-state index contributed by atoms with van der Waals surface area (Å²) in [5, 5.41) is 13.1. The molecule has 0 fully saturated rings. The Morgan fingerprint density at radius 3 is 2.41 bits per heavy atom. The van der Waals surface area contributed by atoms with Crippen LogP contribution in [0.4, 0.5) is 0 Å². The molecule has 1 aromatic rings. The molecule has 1 rings (SSSR count). The molecule has 0 aliphatic rings. The Balaban J connectivity index is 3.33. The van der Waals surface area contributed by atoms with Gasteiger partial charge in [0.2, 0.25) is 0 Å². The van der Waals surface area contributed by atoms with Crippen LogP contribution in [0.3, 0.4) is 0 Å². The Morgan fingerprint density at radius 2 is 1.94 bits per heavy atom. The average molecular weight is 239 g/mol. The number of likely N-dealkylation sites (N-methyl/N-ethyl adjacent to an activating group) is 1. The Hall–Kier alpha value is -1.26. The Morgan fingerprint density at radius 1 is 1.29 bits per heavy atom. The third-order valence-corrected chi connectivity index (χ3v) is 2.88. The topological polar surface area (TPSA) is 50.7 Å². The van der Waals surface area contributed by atoms with Gasteiger partial charge in [0.05, 0.1) is 20.3 Å². The third kappa shape index (κ3) is 2.70. The van der Waals surface area contributed by atoms with Crippen molar-refractivity contribution in [1.82, 2.24) is 5.32 Å². The summed E-state index contributed by atoms with van der Waals surface area (Å²) in [7, 11) is 5.04. The van der Waals surface area contributed by atoms with Crippen LogP contribution in [-0.4, -0.2) is 32.9 Å². The van der Waals surface area contributed by atoms with Gasteiger partial charge in [-0.15, -0.1) is 0 Å². The van der Waals surface area contributed by atoms with Crippen molar-refractivity contribution < 1.29 is 14.6 Å². The van der Waals surface area contributed by atoms with Crippen LogP contribution in [0.15, 0.2) is 6.07 Å². The second kappa shape index (κ2) is 5.89. The number of aliphatic hydroxyl groups excluding tert-OH is 1. The summed E-state index contributed by atoms with van der Waals surface area (Å²) < 4.78 is 10.7. The van der Waals surface area contributed by atoms with Crippen LogP contribution >= 0.6 is 0 Å². The van der Waals surface area contributed by atoms with E-state index < -0.39 is 6.10 Å². The first-order valence-corrected chi connectivity index (χ1v) is 5.61. The quantitative estimate of drug-likeness (QED) is 0.819. The number of ether oxygens (including phenoxy) is 2. The molecule has 0 heterocycles. The summed E-state index contributed by atoms with van der Waals surface area (Å²) in [6.45, 7) is 4.36. The standard InChI is InChI=1S/C13H21NO3/c1-8-6-11(16-4)9(2)13(17-5)12(8)10(15)7-14-3/h6,10,14-15H,7H2,1-5H3. The molecule has 4 nitrogen and oxygen atoms in total. The first kappa shape index (κ1) is 13.8. The normalized spacial score (nSPS) is 12.4. The highest BCUT2D eigenvalue weighted by Gasteiger charge is 2.20. The van der Waals surface area contributed by atoms with Gasteiger partial charge in [0.25, 0.3) is 0 Å². The molecule has 0 aliphatic heterocycles. The van der Waals surface area contributed by atoms with E-state index in [0.717, 1.165) is 22.4 Å². The molecule has 0 amide bonds. The lowest BCUT2D eigenvalue weighted by Gasteiger charge is -2.20. The van der Waals surface area contributed by atoms with Gasteiger partial charge in [-0.3, -0.25) is 0 Å². The number of nitrogens with one attached hydrogen (secondary N) is 1. The van der Waals surface area contributed by atoms with Crippen molar-refractivity contribution in [2.24, 2.45) is 0 Å². The molecule has 0 radical (unpaired) electrons. The number of hydrogen-bond donors (Lipinski definition) is 2. The fraction of sp³-hybridized carbons (Fsp3) is 0.538. The third-order valence-electron chi connectivity index (χ3n) is 2.88. The SMILES string of the molecule is CNCC(O)c1c(C)cc(OC)c(C)c1OC. The lowest BCUT2D eigenvalue weighted by molar-refractivity contribution is 0.172. The lowest BCUT2D eigenvalue weighted by Crippen LogP contribution is -2.18. The van der Waals surface area contributed by atoms with Crippen LogP contribution in [0.5, 0.6) is 11.5 Å². The van der Waals surface area contributed by atoms with Gasteiger partial charge in [0, 0.05) is 17.7 Å². The van der Waals surface area contributed by atoms with Gasteiger partial charge in [-0.1, -0.05) is 0 Å². The molecule has 0 spiro atoms. The van der Waals surface area contributed by atoms with Crippen molar-refractivity contribution in [3.8, 4) is 11.5 Å². The van der Waals surface area contributed by atoms with Gasteiger partial charge < -0.3 is 19.9 Å². The summed E-state index contributed by atoms with van der Waals surface area (Å²) >= 11 is 0. The van der Waals surface area contributed by atoms with Gasteiger partial charge >= 0.3 is 0 Å². The van der Waals surface area contributed by atoms with Gasteiger partial charge in [-0.25, -0.2) is 0 Å². The zero-order valence-corrected chi connectivity index (χ0v) is 11.1. The molecule has 0 aromatic heterocycles. The highest BCUT2D eigenvalue weighted by molar-refractivity contribution is 5.54. The first-order valence-electron chi connectivity index (χ1n) is 5.61. The molecule has 0 saturated heterocycles. The van der Waals surface area contributed by atoms with E-state index in [1.54, 1.807) is 21.3 Å². The van der Waals surface area contributed by atoms with E-state index in [9.17, 15) is 5.11 Å². The second-order valence-electron chi connectivity index (χ2n) is 4.04. The molecular weight excluding hydrogens is 218 g/mol. The maximum atomic E-state index is 10.1. The van der Waals surface area contributed by atoms with E-state index in [2.05, 4.69) is 5.32 Å². The van der Waals surface area contributed by atoms with E-state index >= 15 is 0 Å². The lowest BCUT2D eigenvalue weighted by atomic mass is 9.98. The second-order valence-corrected chi connectivity index (χ2v) is 4.04. The van der Waals surface area contributed by atoms with Crippen molar-refractivity contribution in [2.75, 3.05) is 27.8 Å². The van der Waals surface area contributed by atoms with E-state index in [4.69, 9.17) is 9.47 Å². The Bertz CT molecular complexity index is 391. The van der Waals surface area contributed by atoms with Gasteiger partial charge in [0.15, 0.2) is 0 Å². The number of hydrogen-bond acceptors (Lipinski definition) is 4. The van der Waals surface area contributed by atoms with Crippen molar-refractivity contribution in [1.29, 1.82) is 0 Å². The highest BCUT2D eigenvalue weighted by atomic mass is 16.5. The zero-order chi connectivity index (χ0) is 13.0. The molecule has 96 valence electrons. The van der Waals surface area contributed by atoms with Crippen LogP contribution in [0, 0.1) is 13.8 Å². The molecule has 1 unspecified atom stereocenters. The number of aryl methyl sites for hydroxylation is 1. The van der Waals surface area contributed by atoms with Crippen LogP contribution < -0.4 is 14.8 Å². The van der Waals surface area contributed by atoms with Crippen LogP contribution in [0.25, 0.3) is 0 Å². The van der Waals surface area contributed by atoms with Crippen molar-refractivity contribution in [3.05, 3.63) is 22.8 Å². The minimum Gasteiger partial charge on any atom is -0.496 e. The fourth-order valence-electron chi connectivity index (χ4n) is 2.06. The average Bonchev–Trinajstić information content (AvgIpc) is 2.31. The summed E-state index contributed by atoms with van der Waals surface area (Å²) in [6, 6.07) is 1.92. The Kier molecular flexibility index (Phi) is 4.78. The van der Waals surface area contributed by atoms with Crippen LogP contribution in [0.1, 0.15) is 22.8 Å². The molecular formula is C13H21NO3. The monoisotopic (exact) mass is 239 g/mol. The zero-order valence-electron chi connectivity index (χ0n) is 11.1. The van der Waals surface area contributed by atoms with Crippen molar-refractivity contribution in [3.63, 3.8) is 0 Å². The molecule has 1 aromatic carbocycles. The smallest absolute Gasteiger partial charge is 0.131 e. The largest absolute Gasteiger partial charge is 0.496 e. The minimum atomic E-state index is -0.584. The molecule has 17 heavy (non-hydrogen) atoms.